The molecule has 1 aromatic rings. The molecule has 5 heteroatoms. The number of ether oxygens (including phenoxy) is 1. The van der Waals surface area contributed by atoms with Crippen molar-refractivity contribution in [1.82, 2.24) is 0 Å². The predicted molar refractivity (Wildman–Crippen MR) is 47.1 cm³/mol. The van der Waals surface area contributed by atoms with Crippen LogP contribution < -0.4 is 4.74 Å². The Bertz CT molecular complexity index is 345. The summed E-state index contributed by atoms with van der Waals surface area (Å²) < 4.78 is 4.59. The van der Waals surface area contributed by atoms with Crippen LogP contribution in [0.5, 0.6) is 17.2 Å². The van der Waals surface area contributed by atoms with Gasteiger partial charge in [0.15, 0.2) is 11.5 Å². The highest BCUT2D eigenvalue weighted by Gasteiger charge is 2.14. The van der Waals surface area contributed by atoms with Crippen LogP contribution >= 0.6 is 0 Å². The summed E-state index contributed by atoms with van der Waals surface area (Å²) >= 11 is 0. The number of rotatable bonds is 2. The number of carbonyl (C=O) groups excluding carboxylic acids is 1. The fourth-order valence-corrected chi connectivity index (χ4v) is 0.778. The smallest absolute Gasteiger partial charge is 0.340 e. The van der Waals surface area contributed by atoms with Gasteiger partial charge >= 0.3 is 5.97 Å². The Morgan fingerprint density at radius 3 is 2.64 bits per heavy atom. The Morgan fingerprint density at radius 1 is 1.43 bits per heavy atom. The predicted octanol–water partition coefficient (Wildman–Crippen LogP) is 0.384. The van der Waals surface area contributed by atoms with Gasteiger partial charge in [-0.25, -0.2) is 4.79 Å². The van der Waals surface area contributed by atoms with Crippen LogP contribution in [0.25, 0.3) is 0 Å². The van der Waals surface area contributed by atoms with E-state index in [4.69, 9.17) is 10.2 Å². The minimum atomic E-state index is -1.28. The Morgan fingerprint density at radius 2 is 2.07 bits per heavy atom. The number of esters is 1. The first-order valence-electron chi connectivity index (χ1n) is 3.92. The standard InChI is InChI=1S/C9H10O5/c1-5(10)9(13)14-8-4-6(11)2-3-7(8)12/h2-5,10-12H,1H3. The normalized spacial score (nSPS) is 12.1. The third-order valence-electron chi connectivity index (χ3n) is 1.50. The van der Waals surface area contributed by atoms with Crippen molar-refractivity contribution in [2.24, 2.45) is 0 Å². The molecule has 0 saturated carbocycles. The van der Waals surface area contributed by atoms with Crippen molar-refractivity contribution in [3.05, 3.63) is 18.2 Å². The third-order valence-corrected chi connectivity index (χ3v) is 1.50. The molecule has 0 aliphatic rings. The van der Waals surface area contributed by atoms with Gasteiger partial charge < -0.3 is 20.1 Å². The summed E-state index contributed by atoms with van der Waals surface area (Å²) in [7, 11) is 0. The van der Waals surface area contributed by atoms with Gasteiger partial charge in [-0.3, -0.25) is 0 Å². The van der Waals surface area contributed by atoms with Gasteiger partial charge in [0.25, 0.3) is 0 Å². The number of hydrogen-bond donors (Lipinski definition) is 3. The highest BCUT2D eigenvalue weighted by atomic mass is 16.6. The van der Waals surface area contributed by atoms with Gasteiger partial charge in [-0.1, -0.05) is 0 Å². The van der Waals surface area contributed by atoms with Gasteiger partial charge in [0.2, 0.25) is 0 Å². The van der Waals surface area contributed by atoms with Crippen LogP contribution in [0.15, 0.2) is 18.2 Å². The molecule has 0 radical (unpaired) electrons. The van der Waals surface area contributed by atoms with E-state index in [0.717, 1.165) is 6.07 Å². The second-order valence-corrected chi connectivity index (χ2v) is 2.75. The van der Waals surface area contributed by atoms with E-state index < -0.39 is 12.1 Å². The van der Waals surface area contributed by atoms with Gasteiger partial charge in [0.05, 0.1) is 0 Å². The Kier molecular flexibility index (Phi) is 2.93. The first-order valence-corrected chi connectivity index (χ1v) is 3.92. The summed E-state index contributed by atoms with van der Waals surface area (Å²) in [6, 6.07) is 3.50. The molecule has 0 aromatic heterocycles. The molecule has 3 N–H and O–H groups in total. The van der Waals surface area contributed by atoms with Gasteiger partial charge in [-0.05, 0) is 19.1 Å². The lowest BCUT2D eigenvalue weighted by molar-refractivity contribution is -0.142. The molecular formula is C9H10O5. The second-order valence-electron chi connectivity index (χ2n) is 2.75. The minimum Gasteiger partial charge on any atom is -0.508 e. The Balaban J connectivity index is 2.86. The van der Waals surface area contributed by atoms with Crippen LogP contribution in [0, 0.1) is 0 Å². The molecular weight excluding hydrogens is 188 g/mol. The molecule has 0 saturated heterocycles. The summed E-state index contributed by atoms with van der Waals surface area (Å²) in [4.78, 5) is 10.9. The average molecular weight is 198 g/mol. The highest BCUT2D eigenvalue weighted by Crippen LogP contribution is 2.29. The van der Waals surface area contributed by atoms with Crippen LogP contribution in [0.1, 0.15) is 6.92 Å². The molecule has 1 atom stereocenters. The van der Waals surface area contributed by atoms with Crippen LogP contribution in [-0.2, 0) is 4.79 Å². The van der Waals surface area contributed by atoms with Crippen molar-refractivity contribution >= 4 is 5.97 Å². The van der Waals surface area contributed by atoms with Gasteiger partial charge in [-0.15, -0.1) is 0 Å². The molecule has 14 heavy (non-hydrogen) atoms. The van der Waals surface area contributed by atoms with Crippen molar-refractivity contribution in [2.45, 2.75) is 13.0 Å². The maximum absolute atomic E-state index is 10.9. The average Bonchev–Trinajstić information content (AvgIpc) is 2.11. The molecule has 5 nitrogen and oxygen atoms in total. The molecule has 0 fully saturated rings. The van der Waals surface area contributed by atoms with E-state index in [1.54, 1.807) is 0 Å². The van der Waals surface area contributed by atoms with E-state index in [1.165, 1.54) is 19.1 Å². The number of hydrogen-bond acceptors (Lipinski definition) is 5. The Labute approximate surface area is 80.2 Å². The number of aromatic hydroxyl groups is 2. The molecule has 0 aliphatic carbocycles. The molecule has 0 heterocycles. The summed E-state index contributed by atoms with van der Waals surface area (Å²) in [6.45, 7) is 1.24. The summed E-state index contributed by atoms with van der Waals surface area (Å²) in [5.41, 5.74) is 0. The summed E-state index contributed by atoms with van der Waals surface area (Å²) in [5, 5.41) is 27.0. The monoisotopic (exact) mass is 198 g/mol. The maximum Gasteiger partial charge on any atom is 0.340 e. The highest BCUT2D eigenvalue weighted by molar-refractivity contribution is 5.77. The molecule has 1 aromatic carbocycles. The lowest BCUT2D eigenvalue weighted by Crippen LogP contribution is -2.22. The SMILES string of the molecule is CC(O)C(=O)Oc1cc(O)ccc1O. The van der Waals surface area contributed by atoms with Gasteiger partial charge in [-0.2, -0.15) is 0 Å². The van der Waals surface area contributed by atoms with Gasteiger partial charge in [0, 0.05) is 6.07 Å². The van der Waals surface area contributed by atoms with Crippen molar-refractivity contribution in [1.29, 1.82) is 0 Å². The lowest BCUT2D eigenvalue weighted by atomic mass is 10.3. The van der Waals surface area contributed by atoms with Crippen molar-refractivity contribution in [3.63, 3.8) is 0 Å². The second kappa shape index (κ2) is 3.97. The lowest BCUT2D eigenvalue weighted by Gasteiger charge is -2.07. The van der Waals surface area contributed by atoms with E-state index in [2.05, 4.69) is 4.74 Å². The zero-order valence-corrected chi connectivity index (χ0v) is 7.47. The van der Waals surface area contributed by atoms with Crippen molar-refractivity contribution in [2.75, 3.05) is 0 Å². The van der Waals surface area contributed by atoms with Crippen LogP contribution in [0.3, 0.4) is 0 Å². The molecule has 0 aliphatic heterocycles. The van der Waals surface area contributed by atoms with E-state index in [1.807, 2.05) is 0 Å². The third kappa shape index (κ3) is 2.37. The van der Waals surface area contributed by atoms with Crippen LogP contribution in [0.4, 0.5) is 0 Å². The Hall–Kier alpha value is -1.75. The zero-order valence-electron chi connectivity index (χ0n) is 7.47. The topological polar surface area (TPSA) is 87.0 Å². The van der Waals surface area contributed by atoms with E-state index in [9.17, 15) is 9.90 Å². The maximum atomic E-state index is 10.9. The number of carbonyl (C=O) groups is 1. The van der Waals surface area contributed by atoms with E-state index in [0.29, 0.717) is 0 Å². The molecule has 1 unspecified atom stereocenters. The number of aliphatic hydroxyl groups excluding tert-OH is 1. The minimum absolute atomic E-state index is 0.142. The molecule has 0 bridgehead atoms. The number of phenols is 2. The van der Waals surface area contributed by atoms with E-state index in [-0.39, 0.29) is 17.2 Å². The van der Waals surface area contributed by atoms with Crippen molar-refractivity contribution < 1.29 is 24.9 Å². The first-order chi connectivity index (χ1) is 6.50. The first kappa shape index (κ1) is 10.3. The molecule has 0 amide bonds. The fraction of sp³-hybridized carbons (Fsp3) is 0.222. The fourth-order valence-electron chi connectivity index (χ4n) is 0.778. The van der Waals surface area contributed by atoms with Crippen LogP contribution in [-0.4, -0.2) is 27.4 Å². The number of aliphatic hydroxyl groups is 1. The largest absolute Gasteiger partial charge is 0.508 e. The molecule has 1 rings (SSSR count). The quantitative estimate of drug-likeness (QED) is 0.363. The summed E-state index contributed by atoms with van der Waals surface area (Å²) in [6.07, 6.45) is -1.28. The van der Waals surface area contributed by atoms with E-state index >= 15 is 0 Å². The molecule has 76 valence electrons. The number of phenolic OH excluding ortho intramolecular Hbond substituents is 2. The van der Waals surface area contributed by atoms with Crippen LogP contribution in [0.2, 0.25) is 0 Å². The number of benzene rings is 1. The van der Waals surface area contributed by atoms with Gasteiger partial charge in [0.1, 0.15) is 11.9 Å². The molecule has 0 spiro atoms. The van der Waals surface area contributed by atoms with Crippen molar-refractivity contribution in [3.8, 4) is 17.2 Å². The summed E-state index contributed by atoms with van der Waals surface area (Å²) in [5.74, 6) is -1.50. The zero-order chi connectivity index (χ0) is 10.7.